The smallest absolute Gasteiger partial charge is 0.151 e. The lowest BCUT2D eigenvalue weighted by Gasteiger charge is -2.22. The Morgan fingerprint density at radius 2 is 2.06 bits per heavy atom. The molecular weight excluding hydrogens is 226 g/mol. The highest BCUT2D eigenvalue weighted by Gasteiger charge is 2.24. The van der Waals surface area contributed by atoms with Gasteiger partial charge in [-0.1, -0.05) is 0 Å². The Bertz CT molecular complexity index is 311. The van der Waals surface area contributed by atoms with E-state index in [4.69, 9.17) is 4.74 Å². The van der Waals surface area contributed by atoms with Gasteiger partial charge >= 0.3 is 0 Å². The maximum atomic E-state index is 11.4. The molecule has 1 aliphatic heterocycles. The summed E-state index contributed by atoms with van der Waals surface area (Å²) < 4.78 is 28.2. The zero-order valence-electron chi connectivity index (χ0n) is 9.65. The van der Waals surface area contributed by atoms with Gasteiger partial charge in [0.15, 0.2) is 9.84 Å². The van der Waals surface area contributed by atoms with Crippen molar-refractivity contribution in [2.24, 2.45) is 5.92 Å². The van der Waals surface area contributed by atoms with Crippen LogP contribution in [0.5, 0.6) is 0 Å². The molecule has 0 aromatic heterocycles. The second-order valence-electron chi connectivity index (χ2n) is 4.93. The number of sulfone groups is 1. The summed E-state index contributed by atoms with van der Waals surface area (Å²) >= 11 is 0. The fourth-order valence-corrected chi connectivity index (χ4v) is 3.72. The minimum atomic E-state index is -2.78. The van der Waals surface area contributed by atoms with Crippen LogP contribution >= 0.6 is 0 Å². The summed E-state index contributed by atoms with van der Waals surface area (Å²) in [5.41, 5.74) is 0. The average molecular weight is 247 g/mol. The van der Waals surface area contributed by atoms with Crippen molar-refractivity contribution >= 4 is 9.84 Å². The van der Waals surface area contributed by atoms with Gasteiger partial charge in [0.05, 0.1) is 18.1 Å². The second-order valence-corrected chi connectivity index (χ2v) is 7.15. The van der Waals surface area contributed by atoms with Crippen molar-refractivity contribution in [2.75, 3.05) is 31.3 Å². The summed E-state index contributed by atoms with van der Waals surface area (Å²) in [4.78, 5) is 0. The molecule has 16 heavy (non-hydrogen) atoms. The lowest BCUT2D eigenvalue weighted by Crippen LogP contribution is -2.41. The van der Waals surface area contributed by atoms with Crippen LogP contribution in [0.1, 0.15) is 25.7 Å². The summed E-state index contributed by atoms with van der Waals surface area (Å²) in [5, 5.41) is 3.27. The summed E-state index contributed by atoms with van der Waals surface area (Å²) in [6, 6.07) is 0.142. The molecule has 0 aromatic carbocycles. The highest BCUT2D eigenvalue weighted by molar-refractivity contribution is 7.91. The first-order valence-electron chi connectivity index (χ1n) is 6.17. The first-order chi connectivity index (χ1) is 7.66. The van der Waals surface area contributed by atoms with E-state index in [9.17, 15) is 8.42 Å². The fourth-order valence-electron chi connectivity index (χ4n) is 2.05. The van der Waals surface area contributed by atoms with Crippen molar-refractivity contribution in [3.63, 3.8) is 0 Å². The van der Waals surface area contributed by atoms with Gasteiger partial charge in [-0.05, 0) is 31.6 Å². The van der Waals surface area contributed by atoms with Crippen LogP contribution < -0.4 is 5.32 Å². The van der Waals surface area contributed by atoms with Crippen molar-refractivity contribution in [1.82, 2.24) is 5.32 Å². The van der Waals surface area contributed by atoms with E-state index in [-0.39, 0.29) is 6.04 Å². The molecule has 0 spiro atoms. The Morgan fingerprint density at radius 1 is 1.25 bits per heavy atom. The first kappa shape index (κ1) is 12.3. The van der Waals surface area contributed by atoms with Gasteiger partial charge in [-0.3, -0.25) is 0 Å². The summed E-state index contributed by atoms with van der Waals surface area (Å²) in [6.45, 7) is 2.35. The maximum Gasteiger partial charge on any atom is 0.151 e. The number of rotatable bonds is 6. The Labute approximate surface area is 97.7 Å². The summed E-state index contributed by atoms with van der Waals surface area (Å²) in [6.07, 6.45) is 4.40. The number of nitrogens with one attached hydrogen (secondary N) is 1. The molecule has 4 nitrogen and oxygen atoms in total. The molecule has 1 saturated heterocycles. The molecule has 1 heterocycles. The van der Waals surface area contributed by atoms with Crippen LogP contribution in [0.2, 0.25) is 0 Å². The second kappa shape index (κ2) is 5.47. The molecule has 0 amide bonds. The van der Waals surface area contributed by atoms with E-state index in [1.807, 2.05) is 0 Å². The predicted molar refractivity (Wildman–Crippen MR) is 63.2 cm³/mol. The minimum absolute atomic E-state index is 0.142. The fraction of sp³-hybridized carbons (Fsp3) is 1.00. The van der Waals surface area contributed by atoms with E-state index >= 15 is 0 Å². The van der Waals surface area contributed by atoms with Crippen LogP contribution in [0, 0.1) is 5.92 Å². The maximum absolute atomic E-state index is 11.4. The van der Waals surface area contributed by atoms with Gasteiger partial charge in [0.25, 0.3) is 0 Å². The zero-order chi connectivity index (χ0) is 11.4. The molecule has 0 bridgehead atoms. The van der Waals surface area contributed by atoms with Crippen molar-refractivity contribution in [3.05, 3.63) is 0 Å². The first-order valence-corrected chi connectivity index (χ1v) is 7.99. The summed E-state index contributed by atoms with van der Waals surface area (Å²) in [7, 11) is -2.78. The quantitative estimate of drug-likeness (QED) is 0.698. The van der Waals surface area contributed by atoms with E-state index in [2.05, 4.69) is 5.32 Å². The molecule has 1 atom stereocenters. The topological polar surface area (TPSA) is 55.4 Å². The minimum Gasteiger partial charge on any atom is -0.380 e. The van der Waals surface area contributed by atoms with Crippen LogP contribution in [0.4, 0.5) is 0 Å². The molecule has 0 radical (unpaired) electrons. The third kappa shape index (κ3) is 4.39. The van der Waals surface area contributed by atoms with Crippen LogP contribution in [0.3, 0.4) is 0 Å². The Kier molecular flexibility index (Phi) is 4.21. The molecular formula is C11H21NO3S. The van der Waals surface area contributed by atoms with E-state index in [0.29, 0.717) is 18.1 Å². The Morgan fingerprint density at radius 3 is 2.75 bits per heavy atom. The van der Waals surface area contributed by atoms with Crippen LogP contribution in [-0.2, 0) is 14.6 Å². The molecule has 1 aliphatic carbocycles. The molecule has 2 aliphatic rings. The highest BCUT2D eigenvalue weighted by atomic mass is 32.2. The van der Waals surface area contributed by atoms with E-state index in [1.165, 1.54) is 12.8 Å². The third-order valence-corrected chi connectivity index (χ3v) is 5.01. The number of hydrogen-bond acceptors (Lipinski definition) is 4. The number of ether oxygens (including phenoxy) is 1. The average Bonchev–Trinajstić information content (AvgIpc) is 2.99. The van der Waals surface area contributed by atoms with Crippen molar-refractivity contribution in [3.8, 4) is 0 Å². The van der Waals surface area contributed by atoms with Crippen LogP contribution in [0.25, 0.3) is 0 Å². The van der Waals surface area contributed by atoms with Gasteiger partial charge < -0.3 is 10.1 Å². The Hall–Kier alpha value is -0.130. The molecule has 5 heteroatoms. The van der Waals surface area contributed by atoms with E-state index in [0.717, 1.165) is 31.9 Å². The SMILES string of the molecule is O=S1(=O)CCCC(NCCOCC2CC2)C1. The molecule has 94 valence electrons. The van der Waals surface area contributed by atoms with E-state index < -0.39 is 9.84 Å². The monoisotopic (exact) mass is 247 g/mol. The number of hydrogen-bond donors (Lipinski definition) is 1. The van der Waals surface area contributed by atoms with Crippen molar-refractivity contribution in [2.45, 2.75) is 31.7 Å². The molecule has 2 fully saturated rings. The normalized spacial score (nSPS) is 29.1. The highest BCUT2D eigenvalue weighted by Crippen LogP contribution is 2.28. The lowest BCUT2D eigenvalue weighted by atomic mass is 10.2. The van der Waals surface area contributed by atoms with E-state index in [1.54, 1.807) is 0 Å². The van der Waals surface area contributed by atoms with Gasteiger partial charge in [-0.2, -0.15) is 0 Å². The molecule has 1 saturated carbocycles. The molecule has 2 rings (SSSR count). The molecule has 1 unspecified atom stereocenters. The standard InChI is InChI=1S/C11H21NO3S/c13-16(14)7-1-2-11(9-16)12-5-6-15-8-10-3-4-10/h10-12H,1-9H2. The van der Waals surface area contributed by atoms with Gasteiger partial charge in [0.1, 0.15) is 0 Å². The predicted octanol–water partition coefficient (Wildman–Crippen LogP) is 0.580. The van der Waals surface area contributed by atoms with Crippen LogP contribution in [-0.4, -0.2) is 45.7 Å². The zero-order valence-corrected chi connectivity index (χ0v) is 10.5. The summed E-state index contributed by atoms with van der Waals surface area (Å²) in [5.74, 6) is 1.47. The van der Waals surface area contributed by atoms with Crippen molar-refractivity contribution in [1.29, 1.82) is 0 Å². The van der Waals surface area contributed by atoms with Gasteiger partial charge in [0.2, 0.25) is 0 Å². The lowest BCUT2D eigenvalue weighted by molar-refractivity contribution is 0.124. The Balaban J connectivity index is 1.54. The van der Waals surface area contributed by atoms with Gasteiger partial charge in [-0.25, -0.2) is 8.42 Å². The van der Waals surface area contributed by atoms with Crippen LogP contribution in [0.15, 0.2) is 0 Å². The third-order valence-electron chi connectivity index (χ3n) is 3.19. The molecule has 0 aromatic rings. The van der Waals surface area contributed by atoms with Gasteiger partial charge in [0, 0.05) is 19.2 Å². The van der Waals surface area contributed by atoms with Crippen molar-refractivity contribution < 1.29 is 13.2 Å². The molecule has 1 N–H and O–H groups in total. The largest absolute Gasteiger partial charge is 0.380 e. The van der Waals surface area contributed by atoms with Gasteiger partial charge in [-0.15, -0.1) is 0 Å².